The largest absolute Gasteiger partial charge is 0.369 e. The average molecular weight is 418 g/mol. The fourth-order valence-electron chi connectivity index (χ4n) is 3.18. The quantitative estimate of drug-likeness (QED) is 0.488. The number of anilines is 1. The van der Waals surface area contributed by atoms with Gasteiger partial charge in [-0.3, -0.25) is 14.2 Å². The van der Waals surface area contributed by atoms with Gasteiger partial charge in [0, 0.05) is 30.7 Å². The van der Waals surface area contributed by atoms with E-state index in [-0.39, 0.29) is 17.5 Å². The predicted octanol–water partition coefficient (Wildman–Crippen LogP) is 3.99. The van der Waals surface area contributed by atoms with Crippen molar-refractivity contribution in [2.75, 3.05) is 12.3 Å². The second kappa shape index (κ2) is 7.81. The highest BCUT2D eigenvalue weighted by atomic mass is 35.5. The number of nitrogens with one attached hydrogen (secondary N) is 1. The number of nitrogens with zero attached hydrogens (tertiary/aromatic N) is 5. The Morgan fingerprint density at radius 3 is 2.90 bits per heavy atom. The summed E-state index contributed by atoms with van der Waals surface area (Å²) in [7, 11) is 0. The number of hydrogen-bond donors (Lipinski definition) is 2. The molecule has 4 rings (SSSR count). The number of amides is 1. The molecule has 148 valence electrons. The molecule has 0 saturated carbocycles. The normalized spacial score (nSPS) is 10.7. The van der Waals surface area contributed by atoms with Crippen LogP contribution in [0.15, 0.2) is 48.9 Å². The molecule has 1 aromatic carbocycles. The maximum absolute atomic E-state index is 12.4. The third-order valence-corrected chi connectivity index (χ3v) is 4.80. The summed E-state index contributed by atoms with van der Waals surface area (Å²) < 4.78 is 1.55. The van der Waals surface area contributed by atoms with Gasteiger partial charge >= 0.3 is 0 Å². The number of benzene rings is 1. The zero-order valence-corrected chi connectivity index (χ0v) is 16.7. The van der Waals surface area contributed by atoms with Crippen LogP contribution in [0.1, 0.15) is 17.4 Å². The van der Waals surface area contributed by atoms with Gasteiger partial charge in [0.15, 0.2) is 11.3 Å². The number of carbonyl (C=O) groups is 1. The first kappa shape index (κ1) is 19.4. The van der Waals surface area contributed by atoms with Crippen molar-refractivity contribution in [1.82, 2.24) is 24.7 Å². The molecule has 0 aliphatic rings. The van der Waals surface area contributed by atoms with E-state index in [1.165, 1.54) is 6.20 Å². The topological polar surface area (TPSA) is 103 Å². The molecule has 0 saturated heterocycles. The molecule has 30 heavy (non-hydrogen) atoms. The molecule has 0 unspecified atom stereocenters. The van der Waals surface area contributed by atoms with Gasteiger partial charge in [-0.25, -0.2) is 14.8 Å². The van der Waals surface area contributed by atoms with Gasteiger partial charge in [0.1, 0.15) is 5.69 Å². The molecule has 0 fully saturated rings. The van der Waals surface area contributed by atoms with E-state index in [1.54, 1.807) is 41.1 Å². The number of carbonyl (C=O) groups excluding carboxylic acids is 1. The van der Waals surface area contributed by atoms with Crippen LogP contribution in [0.3, 0.4) is 0 Å². The maximum atomic E-state index is 12.4. The Morgan fingerprint density at radius 2 is 2.17 bits per heavy atom. The number of fused-ring (bicyclic) bond motifs is 1. The molecule has 0 spiro atoms. The molecule has 0 aliphatic heterocycles. The second-order valence-corrected chi connectivity index (χ2v) is 6.80. The van der Waals surface area contributed by atoms with E-state index in [4.69, 9.17) is 23.9 Å². The first-order valence-corrected chi connectivity index (χ1v) is 9.45. The predicted molar refractivity (Wildman–Crippen MR) is 115 cm³/mol. The highest BCUT2D eigenvalue weighted by Gasteiger charge is 2.22. The second-order valence-electron chi connectivity index (χ2n) is 6.39. The number of imidazole rings is 1. The van der Waals surface area contributed by atoms with Gasteiger partial charge in [-0.05, 0) is 24.6 Å². The molecule has 3 heterocycles. The zero-order chi connectivity index (χ0) is 21.3. The van der Waals surface area contributed by atoms with E-state index in [9.17, 15) is 4.79 Å². The van der Waals surface area contributed by atoms with Crippen molar-refractivity contribution < 1.29 is 4.79 Å². The van der Waals surface area contributed by atoms with Gasteiger partial charge in [0.05, 0.1) is 22.9 Å². The summed E-state index contributed by atoms with van der Waals surface area (Å²) >= 11 is 6.45. The fraction of sp³-hybridized carbons (Fsp3) is 0.0952. The summed E-state index contributed by atoms with van der Waals surface area (Å²) in [5.74, 6) is -0.158. The van der Waals surface area contributed by atoms with Crippen molar-refractivity contribution >= 4 is 34.8 Å². The average Bonchev–Trinajstić information content (AvgIpc) is 3.21. The van der Waals surface area contributed by atoms with Crippen LogP contribution >= 0.6 is 11.6 Å². The fourth-order valence-corrected chi connectivity index (χ4v) is 3.39. The van der Waals surface area contributed by atoms with Crippen LogP contribution in [0.4, 0.5) is 11.6 Å². The van der Waals surface area contributed by atoms with E-state index in [2.05, 4.69) is 25.1 Å². The van der Waals surface area contributed by atoms with Gasteiger partial charge in [-0.2, -0.15) is 0 Å². The molecular weight excluding hydrogens is 402 g/mol. The van der Waals surface area contributed by atoms with Crippen molar-refractivity contribution in [3.8, 4) is 22.4 Å². The lowest BCUT2D eigenvalue weighted by Crippen LogP contribution is -2.22. The molecule has 3 N–H and O–H groups in total. The Kier molecular flexibility index (Phi) is 5.04. The van der Waals surface area contributed by atoms with Crippen molar-refractivity contribution in [2.24, 2.45) is 0 Å². The van der Waals surface area contributed by atoms with Crippen molar-refractivity contribution in [1.29, 1.82) is 0 Å². The number of rotatable bonds is 4. The maximum Gasteiger partial charge on any atom is 0.271 e. The van der Waals surface area contributed by atoms with Gasteiger partial charge in [0.25, 0.3) is 5.91 Å². The van der Waals surface area contributed by atoms with Crippen LogP contribution in [0.2, 0.25) is 5.02 Å². The lowest BCUT2D eigenvalue weighted by Gasteiger charge is -2.14. The molecule has 0 aliphatic carbocycles. The summed E-state index contributed by atoms with van der Waals surface area (Å²) in [6, 6.07) is 8.78. The lowest BCUT2D eigenvalue weighted by atomic mass is 10.0. The minimum Gasteiger partial charge on any atom is -0.369 e. The number of pyridine rings is 1. The van der Waals surface area contributed by atoms with E-state index >= 15 is 0 Å². The number of hydrogen-bond acceptors (Lipinski definition) is 5. The molecule has 8 nitrogen and oxygen atoms in total. The summed E-state index contributed by atoms with van der Waals surface area (Å²) in [6.07, 6.45) is 4.68. The molecule has 0 atom stereocenters. The monoisotopic (exact) mass is 417 g/mol. The summed E-state index contributed by atoms with van der Waals surface area (Å²) in [5.41, 5.74) is 9.74. The smallest absolute Gasteiger partial charge is 0.271 e. The first-order chi connectivity index (χ1) is 14.5. The van der Waals surface area contributed by atoms with E-state index in [0.29, 0.717) is 45.3 Å². The number of nitrogen functional groups attached to an aromatic ring is 1. The Labute approximate surface area is 177 Å². The highest BCUT2D eigenvalue weighted by Crippen LogP contribution is 2.39. The Hall–Kier alpha value is -3.96. The Balaban J connectivity index is 2.08. The van der Waals surface area contributed by atoms with Gasteiger partial charge in [-0.1, -0.05) is 29.8 Å². The molecule has 1 amide bonds. The summed E-state index contributed by atoms with van der Waals surface area (Å²) in [6.45, 7) is 9.61. The lowest BCUT2D eigenvalue weighted by molar-refractivity contribution is 0.0951. The summed E-state index contributed by atoms with van der Waals surface area (Å²) in [4.78, 5) is 29.0. The van der Waals surface area contributed by atoms with E-state index in [1.807, 2.05) is 13.0 Å². The standard InChI is InChI=1S/C21H16ClN7O/c1-3-26-20(30)16-11-29-19(27-16)17(14-7-8-25-10-15(14)22)18(28-21(29)23)12-5-4-6-13(9-12)24-2/h4-11H,3H2,1H3,(H2,23,28)(H,26,30). The number of nitrogens with two attached hydrogens (primary N) is 1. The molecule has 0 bridgehead atoms. The third kappa shape index (κ3) is 3.32. The van der Waals surface area contributed by atoms with Crippen molar-refractivity contribution in [2.45, 2.75) is 6.92 Å². The third-order valence-electron chi connectivity index (χ3n) is 4.50. The zero-order valence-electron chi connectivity index (χ0n) is 15.9. The highest BCUT2D eigenvalue weighted by molar-refractivity contribution is 6.33. The van der Waals surface area contributed by atoms with Crippen LogP contribution < -0.4 is 11.1 Å². The van der Waals surface area contributed by atoms with Crippen molar-refractivity contribution in [3.05, 3.63) is 71.1 Å². The molecule has 4 aromatic rings. The Bertz CT molecular complexity index is 1320. The molecule has 9 heteroatoms. The van der Waals surface area contributed by atoms with Gasteiger partial charge in [0.2, 0.25) is 5.95 Å². The van der Waals surface area contributed by atoms with Crippen LogP contribution in [0.5, 0.6) is 0 Å². The van der Waals surface area contributed by atoms with Gasteiger partial charge < -0.3 is 11.1 Å². The van der Waals surface area contributed by atoms with Crippen LogP contribution in [-0.4, -0.2) is 31.8 Å². The Morgan fingerprint density at radius 1 is 1.33 bits per heavy atom. The molecule has 0 radical (unpaired) electrons. The minimum absolute atomic E-state index is 0.158. The minimum atomic E-state index is -0.316. The number of halogens is 1. The molecule has 3 aromatic heterocycles. The first-order valence-electron chi connectivity index (χ1n) is 9.08. The number of aromatic nitrogens is 4. The van der Waals surface area contributed by atoms with Crippen molar-refractivity contribution in [3.63, 3.8) is 0 Å². The van der Waals surface area contributed by atoms with Crippen LogP contribution in [-0.2, 0) is 0 Å². The summed E-state index contributed by atoms with van der Waals surface area (Å²) in [5, 5.41) is 3.13. The molecular formula is C21H16ClN7O. The van der Waals surface area contributed by atoms with Gasteiger partial charge in [-0.15, -0.1) is 0 Å². The van der Waals surface area contributed by atoms with E-state index in [0.717, 1.165) is 0 Å². The SMILES string of the molecule is [C-]#[N+]c1cccc(-c2nc(N)n3cc(C(=O)NCC)nc3c2-c2ccncc2Cl)c1. The van der Waals surface area contributed by atoms with Crippen LogP contribution in [0.25, 0.3) is 32.9 Å². The van der Waals surface area contributed by atoms with Crippen LogP contribution in [0, 0.1) is 6.57 Å². The van der Waals surface area contributed by atoms with E-state index < -0.39 is 0 Å².